The smallest absolute Gasteiger partial charge is 0.340 e. The minimum atomic E-state index is -1.11. The minimum Gasteiger partial charge on any atom is -0.493 e. The van der Waals surface area contributed by atoms with Gasteiger partial charge in [0.25, 0.3) is 0 Å². The number of aryl methyl sites for hydroxylation is 1. The molecule has 0 aliphatic rings. The maximum atomic E-state index is 12.4. The van der Waals surface area contributed by atoms with Gasteiger partial charge in [-0.15, -0.1) is 0 Å². The van der Waals surface area contributed by atoms with Crippen LogP contribution in [0.15, 0.2) is 21.3 Å². The molecule has 0 spiro atoms. The summed E-state index contributed by atoms with van der Waals surface area (Å²) in [6.07, 6.45) is 1.87. The van der Waals surface area contributed by atoms with E-state index in [1.54, 1.807) is 19.1 Å². The van der Waals surface area contributed by atoms with Gasteiger partial charge in [-0.1, -0.05) is 0 Å². The SMILES string of the molecule is COc1cc2oc(=O)c(CC(=O)NC(CCSC)C(=O)O)c(C)c2cc1OC. The van der Waals surface area contributed by atoms with E-state index in [1.165, 1.54) is 26.0 Å². The Labute approximate surface area is 166 Å². The normalized spacial score (nSPS) is 11.9. The van der Waals surface area contributed by atoms with Crippen LogP contribution in [-0.4, -0.2) is 49.3 Å². The predicted molar refractivity (Wildman–Crippen MR) is 107 cm³/mol. The zero-order valence-electron chi connectivity index (χ0n) is 16.2. The highest BCUT2D eigenvalue weighted by molar-refractivity contribution is 7.98. The molecule has 1 atom stereocenters. The van der Waals surface area contributed by atoms with Crippen molar-refractivity contribution in [3.63, 3.8) is 0 Å². The molecule has 1 unspecified atom stereocenters. The molecule has 0 saturated carbocycles. The Bertz CT molecular complexity index is 938. The van der Waals surface area contributed by atoms with E-state index in [1.807, 2.05) is 6.26 Å². The van der Waals surface area contributed by atoms with Gasteiger partial charge in [0.05, 0.1) is 26.2 Å². The van der Waals surface area contributed by atoms with Crippen molar-refractivity contribution in [1.29, 1.82) is 0 Å². The van der Waals surface area contributed by atoms with Crippen molar-refractivity contribution in [2.75, 3.05) is 26.2 Å². The van der Waals surface area contributed by atoms with Crippen molar-refractivity contribution >= 4 is 34.6 Å². The first-order valence-corrected chi connectivity index (χ1v) is 9.91. The Kier molecular flexibility index (Phi) is 7.33. The van der Waals surface area contributed by atoms with E-state index in [4.69, 9.17) is 13.9 Å². The average Bonchev–Trinajstić information content (AvgIpc) is 2.67. The largest absolute Gasteiger partial charge is 0.493 e. The lowest BCUT2D eigenvalue weighted by Gasteiger charge is -2.15. The highest BCUT2D eigenvalue weighted by atomic mass is 32.2. The van der Waals surface area contributed by atoms with Crippen LogP contribution in [0.1, 0.15) is 17.5 Å². The molecule has 28 heavy (non-hydrogen) atoms. The van der Waals surface area contributed by atoms with Crippen molar-refractivity contribution in [2.24, 2.45) is 0 Å². The van der Waals surface area contributed by atoms with Crippen LogP contribution >= 0.6 is 11.8 Å². The molecule has 0 fully saturated rings. The van der Waals surface area contributed by atoms with Crippen molar-refractivity contribution < 1.29 is 28.6 Å². The van der Waals surface area contributed by atoms with Crippen LogP contribution in [0.3, 0.4) is 0 Å². The fourth-order valence-electron chi connectivity index (χ4n) is 2.82. The van der Waals surface area contributed by atoms with Gasteiger partial charge in [-0.2, -0.15) is 11.8 Å². The number of hydrogen-bond donors (Lipinski definition) is 2. The van der Waals surface area contributed by atoms with Crippen LogP contribution in [0.25, 0.3) is 11.0 Å². The molecule has 2 N–H and O–H groups in total. The van der Waals surface area contributed by atoms with Gasteiger partial charge in [0.15, 0.2) is 11.5 Å². The standard InChI is InChI=1S/C19H23NO7S/c1-10-11-7-15(25-2)16(26-3)9-14(11)27-19(24)12(10)8-17(21)20-13(18(22)23)5-6-28-4/h7,9,13H,5-6,8H2,1-4H3,(H,20,21)(H,22,23). The number of ether oxygens (including phenoxy) is 2. The fraction of sp³-hybridized carbons (Fsp3) is 0.421. The first-order chi connectivity index (χ1) is 13.3. The van der Waals surface area contributed by atoms with E-state index in [0.29, 0.717) is 40.2 Å². The molecule has 1 aromatic carbocycles. The van der Waals surface area contributed by atoms with Crippen LogP contribution in [0.2, 0.25) is 0 Å². The summed E-state index contributed by atoms with van der Waals surface area (Å²) in [5.74, 6) is -0.188. The van der Waals surface area contributed by atoms with Gasteiger partial charge in [0.2, 0.25) is 5.91 Å². The summed E-state index contributed by atoms with van der Waals surface area (Å²) in [5, 5.41) is 12.3. The van der Waals surface area contributed by atoms with Gasteiger partial charge in [0, 0.05) is 11.5 Å². The second-order valence-corrected chi connectivity index (χ2v) is 7.10. The number of thioether (sulfide) groups is 1. The lowest BCUT2D eigenvalue weighted by atomic mass is 10.0. The number of nitrogens with one attached hydrogen (secondary N) is 1. The summed E-state index contributed by atoms with van der Waals surface area (Å²) in [6, 6.07) is 2.22. The summed E-state index contributed by atoms with van der Waals surface area (Å²) in [4.78, 5) is 36.0. The van der Waals surface area contributed by atoms with Gasteiger partial charge in [0.1, 0.15) is 11.6 Å². The predicted octanol–water partition coefficient (Wildman–Crippen LogP) is 1.98. The number of carboxylic acid groups (broad SMARTS) is 1. The Morgan fingerprint density at radius 3 is 2.46 bits per heavy atom. The Hall–Kier alpha value is -2.68. The summed E-state index contributed by atoms with van der Waals surface area (Å²) < 4.78 is 15.8. The molecule has 1 amide bonds. The maximum absolute atomic E-state index is 12.4. The second-order valence-electron chi connectivity index (χ2n) is 6.11. The topological polar surface area (TPSA) is 115 Å². The van der Waals surface area contributed by atoms with Crippen LogP contribution in [0.5, 0.6) is 11.5 Å². The first kappa shape index (κ1) is 21.6. The third-order valence-electron chi connectivity index (χ3n) is 4.37. The number of aliphatic carboxylic acids is 1. The van der Waals surface area contributed by atoms with E-state index in [-0.39, 0.29) is 12.0 Å². The van der Waals surface area contributed by atoms with E-state index in [9.17, 15) is 19.5 Å². The molecule has 0 aliphatic carbocycles. The molecule has 152 valence electrons. The Balaban J connectivity index is 2.35. The summed E-state index contributed by atoms with van der Waals surface area (Å²) in [7, 11) is 2.97. The number of carbonyl (C=O) groups excluding carboxylic acids is 1. The van der Waals surface area contributed by atoms with Crippen molar-refractivity contribution in [2.45, 2.75) is 25.8 Å². The number of fused-ring (bicyclic) bond motifs is 1. The first-order valence-electron chi connectivity index (χ1n) is 8.51. The third kappa shape index (κ3) is 4.78. The number of carbonyl (C=O) groups is 2. The molecule has 1 aromatic heterocycles. The number of rotatable bonds is 9. The molecule has 2 aromatic rings. The molecule has 0 bridgehead atoms. The number of methoxy groups -OCH3 is 2. The van der Waals surface area contributed by atoms with E-state index < -0.39 is 23.5 Å². The Morgan fingerprint density at radius 1 is 1.25 bits per heavy atom. The molecule has 8 nitrogen and oxygen atoms in total. The molecule has 9 heteroatoms. The molecule has 1 heterocycles. The Morgan fingerprint density at radius 2 is 1.89 bits per heavy atom. The van der Waals surface area contributed by atoms with Gasteiger partial charge in [-0.25, -0.2) is 9.59 Å². The molecule has 2 rings (SSSR count). The van der Waals surface area contributed by atoms with Crippen LogP contribution in [0.4, 0.5) is 0 Å². The lowest BCUT2D eigenvalue weighted by molar-refractivity contribution is -0.141. The van der Waals surface area contributed by atoms with Gasteiger partial charge >= 0.3 is 11.6 Å². The lowest BCUT2D eigenvalue weighted by Crippen LogP contribution is -2.42. The molecule has 0 aliphatic heterocycles. The number of benzene rings is 1. The van der Waals surface area contributed by atoms with E-state index >= 15 is 0 Å². The maximum Gasteiger partial charge on any atom is 0.340 e. The van der Waals surface area contributed by atoms with Crippen molar-refractivity contribution in [3.8, 4) is 11.5 Å². The van der Waals surface area contributed by atoms with Gasteiger partial charge in [-0.05, 0) is 37.0 Å². The third-order valence-corrected chi connectivity index (χ3v) is 5.02. The summed E-state index contributed by atoms with van der Waals surface area (Å²) in [6.45, 7) is 1.70. The molecule has 0 saturated heterocycles. The number of carboxylic acids is 1. The summed E-state index contributed by atoms with van der Waals surface area (Å²) >= 11 is 1.49. The average molecular weight is 409 g/mol. The van der Waals surface area contributed by atoms with Crippen molar-refractivity contribution in [3.05, 3.63) is 33.7 Å². The van der Waals surface area contributed by atoms with E-state index in [0.717, 1.165) is 0 Å². The minimum absolute atomic E-state index is 0.172. The van der Waals surface area contributed by atoms with Crippen LogP contribution in [0, 0.1) is 6.92 Å². The quantitative estimate of drug-likeness (QED) is 0.604. The van der Waals surface area contributed by atoms with Crippen molar-refractivity contribution in [1.82, 2.24) is 5.32 Å². The van der Waals surface area contributed by atoms with Gasteiger partial charge in [-0.3, -0.25) is 4.79 Å². The molecular formula is C19H23NO7S. The highest BCUT2D eigenvalue weighted by Gasteiger charge is 2.22. The van der Waals surface area contributed by atoms with E-state index in [2.05, 4.69) is 5.32 Å². The molecular weight excluding hydrogens is 386 g/mol. The zero-order chi connectivity index (χ0) is 20.8. The zero-order valence-corrected chi connectivity index (χ0v) is 17.0. The monoisotopic (exact) mass is 409 g/mol. The van der Waals surface area contributed by atoms with Crippen LogP contribution < -0.4 is 20.4 Å². The second kappa shape index (κ2) is 9.50. The summed E-state index contributed by atoms with van der Waals surface area (Å²) in [5.41, 5.74) is 0.403. The van der Waals surface area contributed by atoms with Crippen LogP contribution in [-0.2, 0) is 16.0 Å². The number of hydrogen-bond acceptors (Lipinski definition) is 7. The number of amides is 1. The fourth-order valence-corrected chi connectivity index (χ4v) is 3.29. The molecule has 0 radical (unpaired) electrons. The van der Waals surface area contributed by atoms with Gasteiger partial charge < -0.3 is 24.3 Å². The highest BCUT2D eigenvalue weighted by Crippen LogP contribution is 2.33.